The van der Waals surface area contributed by atoms with E-state index in [1.807, 2.05) is 12.1 Å². The fourth-order valence-electron chi connectivity index (χ4n) is 3.40. The van der Waals surface area contributed by atoms with Crippen LogP contribution in [0, 0.1) is 11.7 Å². The van der Waals surface area contributed by atoms with Gasteiger partial charge in [0.1, 0.15) is 11.6 Å². The van der Waals surface area contributed by atoms with Crippen molar-refractivity contribution in [1.29, 1.82) is 0 Å². The molecule has 2 heterocycles. The van der Waals surface area contributed by atoms with E-state index in [9.17, 15) is 9.18 Å². The molecule has 24 heavy (non-hydrogen) atoms. The summed E-state index contributed by atoms with van der Waals surface area (Å²) in [5.41, 5.74) is 6.69. The minimum Gasteiger partial charge on any atom is -0.365 e. The lowest BCUT2D eigenvalue weighted by Crippen LogP contribution is -2.37. The summed E-state index contributed by atoms with van der Waals surface area (Å²) in [5, 5.41) is 0. The number of carbonyl (C=O) groups is 1. The molecule has 0 saturated carbocycles. The molecular formula is C19H22FN3O. The second kappa shape index (κ2) is 7.43. The molecule has 1 amide bonds. The summed E-state index contributed by atoms with van der Waals surface area (Å²) < 4.78 is 13.8. The van der Waals surface area contributed by atoms with Crippen LogP contribution in [0.1, 0.15) is 35.2 Å². The number of nitrogens with two attached hydrogens (primary N) is 1. The van der Waals surface area contributed by atoms with E-state index in [0.29, 0.717) is 17.3 Å². The molecule has 1 aliphatic rings. The fraction of sp³-hybridized carbons (Fsp3) is 0.368. The number of halogens is 1. The number of aryl methyl sites for hydroxylation is 1. The highest BCUT2D eigenvalue weighted by Gasteiger charge is 2.24. The maximum Gasteiger partial charge on any atom is 0.252 e. The molecular weight excluding hydrogens is 305 g/mol. The van der Waals surface area contributed by atoms with Crippen molar-refractivity contribution in [1.82, 2.24) is 4.98 Å². The number of hydrogen-bond acceptors (Lipinski definition) is 3. The number of piperidine rings is 1. The molecule has 4 nitrogen and oxygen atoms in total. The lowest BCUT2D eigenvalue weighted by atomic mass is 9.91. The Morgan fingerprint density at radius 1 is 1.29 bits per heavy atom. The molecule has 0 bridgehead atoms. The molecule has 1 aromatic carbocycles. The van der Waals surface area contributed by atoms with Crippen LogP contribution in [0.25, 0.3) is 0 Å². The van der Waals surface area contributed by atoms with E-state index in [-0.39, 0.29) is 5.82 Å². The number of rotatable bonds is 5. The zero-order valence-electron chi connectivity index (χ0n) is 13.6. The van der Waals surface area contributed by atoms with E-state index in [4.69, 9.17) is 5.73 Å². The fourth-order valence-corrected chi connectivity index (χ4v) is 3.40. The third-order valence-electron chi connectivity index (χ3n) is 4.65. The minimum absolute atomic E-state index is 0.133. The number of pyridine rings is 1. The Balaban J connectivity index is 1.67. The van der Waals surface area contributed by atoms with Crippen molar-refractivity contribution in [2.75, 3.05) is 18.0 Å². The first-order valence-corrected chi connectivity index (χ1v) is 8.38. The van der Waals surface area contributed by atoms with Gasteiger partial charge in [-0.05, 0) is 55.4 Å². The number of nitrogens with zero attached hydrogens (tertiary/aromatic N) is 2. The monoisotopic (exact) mass is 327 g/mol. The van der Waals surface area contributed by atoms with Gasteiger partial charge < -0.3 is 10.6 Å². The molecule has 0 spiro atoms. The van der Waals surface area contributed by atoms with Crippen molar-refractivity contribution >= 4 is 11.7 Å². The number of aromatic nitrogens is 1. The summed E-state index contributed by atoms with van der Waals surface area (Å²) in [6.45, 7) is 1.69. The number of amides is 1. The summed E-state index contributed by atoms with van der Waals surface area (Å²) in [5.74, 6) is 0.541. The quantitative estimate of drug-likeness (QED) is 0.917. The second-order valence-electron chi connectivity index (χ2n) is 6.32. The third-order valence-corrected chi connectivity index (χ3v) is 4.65. The van der Waals surface area contributed by atoms with Crippen molar-refractivity contribution in [3.8, 4) is 0 Å². The average molecular weight is 327 g/mol. The van der Waals surface area contributed by atoms with Crippen LogP contribution in [0.2, 0.25) is 0 Å². The number of carbonyl (C=O) groups excluding carboxylic acids is 1. The van der Waals surface area contributed by atoms with E-state index >= 15 is 0 Å². The van der Waals surface area contributed by atoms with E-state index in [0.717, 1.165) is 44.3 Å². The molecule has 1 aromatic heterocycles. The van der Waals surface area contributed by atoms with Crippen LogP contribution in [-0.2, 0) is 6.42 Å². The largest absolute Gasteiger partial charge is 0.365 e. The predicted octanol–water partition coefficient (Wildman–Crippen LogP) is 3.17. The summed E-state index contributed by atoms with van der Waals surface area (Å²) in [7, 11) is 0. The van der Waals surface area contributed by atoms with Crippen LogP contribution < -0.4 is 10.6 Å². The van der Waals surface area contributed by atoms with Gasteiger partial charge in [0, 0.05) is 19.3 Å². The molecule has 0 aliphatic carbocycles. The Labute approximate surface area is 141 Å². The van der Waals surface area contributed by atoms with E-state index in [1.54, 1.807) is 24.4 Å². The summed E-state index contributed by atoms with van der Waals surface area (Å²) in [6, 6.07) is 10.4. The van der Waals surface area contributed by atoms with Gasteiger partial charge in [0.25, 0.3) is 5.91 Å². The molecule has 2 aromatic rings. The van der Waals surface area contributed by atoms with E-state index < -0.39 is 5.91 Å². The van der Waals surface area contributed by atoms with Gasteiger partial charge >= 0.3 is 0 Å². The third kappa shape index (κ3) is 3.72. The van der Waals surface area contributed by atoms with Crippen LogP contribution in [0.3, 0.4) is 0 Å². The molecule has 5 heteroatoms. The molecule has 0 unspecified atom stereocenters. The highest BCUT2D eigenvalue weighted by Crippen LogP contribution is 2.27. The highest BCUT2D eigenvalue weighted by molar-refractivity contribution is 5.97. The van der Waals surface area contributed by atoms with Crippen LogP contribution in [0.4, 0.5) is 10.2 Å². The Hall–Kier alpha value is -2.43. The van der Waals surface area contributed by atoms with Crippen molar-refractivity contribution < 1.29 is 9.18 Å². The zero-order chi connectivity index (χ0) is 16.9. The Morgan fingerprint density at radius 3 is 2.92 bits per heavy atom. The first-order valence-electron chi connectivity index (χ1n) is 8.38. The normalized spacial score (nSPS) is 17.7. The lowest BCUT2D eigenvalue weighted by molar-refractivity contribution is 0.100. The Morgan fingerprint density at radius 2 is 2.12 bits per heavy atom. The SMILES string of the molecule is NC(=O)c1cccnc1N1CCC[C@H](CCc2ccccc2F)C1. The van der Waals surface area contributed by atoms with Crippen LogP contribution >= 0.6 is 0 Å². The van der Waals surface area contributed by atoms with Crippen molar-refractivity contribution in [2.45, 2.75) is 25.7 Å². The van der Waals surface area contributed by atoms with Gasteiger partial charge in [-0.25, -0.2) is 9.37 Å². The van der Waals surface area contributed by atoms with Gasteiger partial charge in [-0.2, -0.15) is 0 Å². The number of primary amides is 1. The van der Waals surface area contributed by atoms with Gasteiger partial charge in [-0.1, -0.05) is 18.2 Å². The van der Waals surface area contributed by atoms with Crippen LogP contribution in [0.15, 0.2) is 42.6 Å². The molecule has 3 rings (SSSR count). The number of hydrogen-bond donors (Lipinski definition) is 1. The minimum atomic E-state index is -0.452. The first-order chi connectivity index (χ1) is 11.6. The van der Waals surface area contributed by atoms with Crippen molar-refractivity contribution in [3.63, 3.8) is 0 Å². The van der Waals surface area contributed by atoms with Crippen molar-refractivity contribution in [2.24, 2.45) is 11.7 Å². The van der Waals surface area contributed by atoms with Gasteiger partial charge in [-0.15, -0.1) is 0 Å². The maximum absolute atomic E-state index is 13.8. The number of benzene rings is 1. The summed E-state index contributed by atoms with van der Waals surface area (Å²) in [4.78, 5) is 18.1. The van der Waals surface area contributed by atoms with Crippen LogP contribution in [0.5, 0.6) is 0 Å². The molecule has 1 fully saturated rings. The summed E-state index contributed by atoms with van der Waals surface area (Å²) >= 11 is 0. The smallest absolute Gasteiger partial charge is 0.252 e. The topological polar surface area (TPSA) is 59.2 Å². The standard InChI is InChI=1S/C19H22FN3O/c20-17-8-2-1-6-15(17)10-9-14-5-4-12-23(13-14)19-16(18(21)24)7-3-11-22-19/h1-3,6-8,11,14H,4-5,9-10,12-13H2,(H2,21,24)/t14-/m1/s1. The van der Waals surface area contributed by atoms with Crippen LogP contribution in [-0.4, -0.2) is 24.0 Å². The molecule has 1 aliphatic heterocycles. The predicted molar refractivity (Wildman–Crippen MR) is 92.4 cm³/mol. The zero-order valence-corrected chi connectivity index (χ0v) is 13.6. The Kier molecular flexibility index (Phi) is 5.08. The maximum atomic E-state index is 13.8. The molecule has 0 radical (unpaired) electrons. The van der Waals surface area contributed by atoms with E-state index in [2.05, 4.69) is 9.88 Å². The van der Waals surface area contributed by atoms with Gasteiger partial charge in [0.2, 0.25) is 0 Å². The van der Waals surface area contributed by atoms with Crippen molar-refractivity contribution in [3.05, 3.63) is 59.5 Å². The van der Waals surface area contributed by atoms with Gasteiger partial charge in [-0.3, -0.25) is 4.79 Å². The van der Waals surface area contributed by atoms with Gasteiger partial charge in [0.15, 0.2) is 0 Å². The molecule has 1 saturated heterocycles. The molecule has 2 N–H and O–H groups in total. The molecule has 126 valence electrons. The number of anilines is 1. The average Bonchev–Trinajstić information content (AvgIpc) is 2.61. The van der Waals surface area contributed by atoms with E-state index in [1.165, 1.54) is 6.07 Å². The second-order valence-corrected chi connectivity index (χ2v) is 6.32. The Bertz CT molecular complexity index is 719. The first kappa shape index (κ1) is 16.4. The lowest BCUT2D eigenvalue weighted by Gasteiger charge is -2.34. The summed E-state index contributed by atoms with van der Waals surface area (Å²) in [6.07, 6.45) is 5.50. The highest BCUT2D eigenvalue weighted by atomic mass is 19.1. The molecule has 1 atom stereocenters. The van der Waals surface area contributed by atoms with Gasteiger partial charge in [0.05, 0.1) is 5.56 Å².